The summed E-state index contributed by atoms with van der Waals surface area (Å²) < 4.78 is 11.1. The first-order valence-electron chi connectivity index (χ1n) is 9.28. The highest BCUT2D eigenvalue weighted by molar-refractivity contribution is 6.42. The van der Waals surface area contributed by atoms with Gasteiger partial charge in [0.25, 0.3) is 5.91 Å². The minimum absolute atomic E-state index is 0.0410. The summed E-state index contributed by atoms with van der Waals surface area (Å²) in [5, 5.41) is 11.3. The summed E-state index contributed by atoms with van der Waals surface area (Å²) in [6.07, 6.45) is 1.55. The highest BCUT2D eigenvalue weighted by Crippen LogP contribution is 2.41. The summed E-state index contributed by atoms with van der Waals surface area (Å²) in [5.74, 6) is -1.14. The second kappa shape index (κ2) is 7.86. The van der Waals surface area contributed by atoms with Gasteiger partial charge in [-0.1, -0.05) is 29.3 Å². The number of nitrogens with zero attached hydrogens (tertiary/aromatic N) is 1. The maximum atomic E-state index is 13.2. The van der Waals surface area contributed by atoms with Crippen LogP contribution in [0.2, 0.25) is 10.0 Å². The van der Waals surface area contributed by atoms with Crippen molar-refractivity contribution in [3.05, 3.63) is 68.8 Å². The fourth-order valence-electron chi connectivity index (χ4n) is 3.80. The second-order valence-electron chi connectivity index (χ2n) is 7.17. The summed E-state index contributed by atoms with van der Waals surface area (Å²) in [6.45, 7) is 2.59. The number of ether oxygens (including phenoxy) is 1. The lowest BCUT2D eigenvalue weighted by Gasteiger charge is -2.29. The molecule has 2 atom stereocenters. The average molecular weight is 436 g/mol. The first-order valence-corrected chi connectivity index (χ1v) is 10.0. The van der Waals surface area contributed by atoms with E-state index in [1.54, 1.807) is 31.2 Å². The third kappa shape index (κ3) is 3.68. The SMILES string of the molecule is Cc1ccc(C(=O)C2=C(O)C(=O)N(CC3CCCO3)C2c2ccc(Cl)c(Cl)c2)o1. The van der Waals surface area contributed by atoms with Crippen molar-refractivity contribution in [3.63, 3.8) is 0 Å². The van der Waals surface area contributed by atoms with Crippen molar-refractivity contribution in [3.8, 4) is 0 Å². The number of carbonyl (C=O) groups excluding carboxylic acids is 2. The van der Waals surface area contributed by atoms with Crippen LogP contribution in [0, 0.1) is 6.92 Å². The van der Waals surface area contributed by atoms with Crippen LogP contribution in [0.5, 0.6) is 0 Å². The first kappa shape index (κ1) is 20.0. The van der Waals surface area contributed by atoms with E-state index in [4.69, 9.17) is 32.4 Å². The van der Waals surface area contributed by atoms with Crippen LogP contribution in [0.25, 0.3) is 0 Å². The molecular formula is C21H19Cl2NO5. The monoisotopic (exact) mass is 435 g/mol. The summed E-state index contributed by atoms with van der Waals surface area (Å²) in [4.78, 5) is 27.5. The molecule has 152 valence electrons. The van der Waals surface area contributed by atoms with Crippen molar-refractivity contribution < 1.29 is 23.8 Å². The standard InChI is InChI=1S/C21H19Cl2NO5/c1-11-4-7-16(29-11)19(25)17-18(12-5-6-14(22)15(23)9-12)24(21(27)20(17)26)10-13-3-2-8-28-13/h4-7,9,13,18,26H,2-3,8,10H2,1H3. The Balaban J connectivity index is 1.78. The molecular weight excluding hydrogens is 417 g/mol. The predicted octanol–water partition coefficient (Wildman–Crippen LogP) is 4.65. The lowest BCUT2D eigenvalue weighted by Crippen LogP contribution is -2.37. The van der Waals surface area contributed by atoms with Crippen molar-refractivity contribution in [1.82, 2.24) is 4.90 Å². The second-order valence-corrected chi connectivity index (χ2v) is 7.98. The lowest BCUT2D eigenvalue weighted by molar-refractivity contribution is -0.131. The molecule has 29 heavy (non-hydrogen) atoms. The number of hydrogen-bond donors (Lipinski definition) is 1. The van der Waals surface area contributed by atoms with E-state index < -0.39 is 23.5 Å². The van der Waals surface area contributed by atoms with E-state index in [2.05, 4.69) is 0 Å². The van der Waals surface area contributed by atoms with Gasteiger partial charge in [-0.25, -0.2) is 0 Å². The fourth-order valence-corrected chi connectivity index (χ4v) is 4.11. The van der Waals surface area contributed by atoms with E-state index in [1.165, 1.54) is 11.0 Å². The van der Waals surface area contributed by atoms with Crippen molar-refractivity contribution >= 4 is 34.9 Å². The van der Waals surface area contributed by atoms with Gasteiger partial charge in [0.15, 0.2) is 11.5 Å². The van der Waals surface area contributed by atoms with Gasteiger partial charge < -0.3 is 19.2 Å². The number of ketones is 1. The molecule has 2 aliphatic rings. The van der Waals surface area contributed by atoms with Crippen LogP contribution < -0.4 is 0 Å². The number of rotatable bonds is 5. The van der Waals surface area contributed by atoms with Crippen molar-refractivity contribution in [2.24, 2.45) is 0 Å². The summed E-state index contributed by atoms with van der Waals surface area (Å²) in [5.41, 5.74) is 0.530. The topological polar surface area (TPSA) is 80.0 Å². The molecule has 3 heterocycles. The maximum absolute atomic E-state index is 13.2. The number of benzene rings is 1. The van der Waals surface area contributed by atoms with Gasteiger partial charge in [-0.15, -0.1) is 0 Å². The van der Waals surface area contributed by atoms with Gasteiger partial charge in [0.2, 0.25) is 5.78 Å². The molecule has 1 aromatic carbocycles. The number of halogens is 2. The molecule has 2 aliphatic heterocycles. The molecule has 1 N–H and O–H groups in total. The highest BCUT2D eigenvalue weighted by atomic mass is 35.5. The Bertz CT molecular complexity index is 1010. The zero-order chi connectivity index (χ0) is 20.7. The lowest BCUT2D eigenvalue weighted by atomic mass is 9.95. The van der Waals surface area contributed by atoms with Gasteiger partial charge in [0.1, 0.15) is 5.76 Å². The number of aliphatic hydroxyl groups is 1. The van der Waals surface area contributed by atoms with Crippen LogP contribution in [0.3, 0.4) is 0 Å². The van der Waals surface area contributed by atoms with E-state index >= 15 is 0 Å². The van der Waals surface area contributed by atoms with E-state index in [0.717, 1.165) is 12.8 Å². The van der Waals surface area contributed by atoms with Crippen molar-refractivity contribution in [2.75, 3.05) is 13.2 Å². The van der Waals surface area contributed by atoms with E-state index in [1.807, 2.05) is 0 Å². The van der Waals surface area contributed by atoms with Crippen LogP contribution in [0.1, 0.15) is 40.8 Å². The summed E-state index contributed by atoms with van der Waals surface area (Å²) >= 11 is 12.2. The minimum Gasteiger partial charge on any atom is -0.503 e. The Morgan fingerprint density at radius 3 is 2.66 bits per heavy atom. The number of amides is 1. The molecule has 1 aromatic heterocycles. The minimum atomic E-state index is -0.820. The molecule has 1 amide bonds. The van der Waals surface area contributed by atoms with Crippen molar-refractivity contribution in [1.29, 1.82) is 0 Å². The Morgan fingerprint density at radius 1 is 1.24 bits per heavy atom. The largest absolute Gasteiger partial charge is 0.503 e. The predicted molar refractivity (Wildman–Crippen MR) is 107 cm³/mol. The van der Waals surface area contributed by atoms with Crippen LogP contribution in [0.4, 0.5) is 0 Å². The quantitative estimate of drug-likeness (QED) is 0.691. The Labute approximate surface area is 177 Å². The van der Waals surface area contributed by atoms with Crippen LogP contribution in [-0.4, -0.2) is 41.0 Å². The van der Waals surface area contributed by atoms with Crippen LogP contribution in [-0.2, 0) is 9.53 Å². The third-order valence-corrected chi connectivity index (χ3v) is 5.94. The molecule has 1 fully saturated rings. The normalized spacial score (nSPS) is 22.0. The Hall–Kier alpha value is -2.28. The summed E-state index contributed by atoms with van der Waals surface area (Å²) in [6, 6.07) is 7.25. The average Bonchev–Trinajstić information content (AvgIpc) is 3.41. The van der Waals surface area contributed by atoms with E-state index in [-0.39, 0.29) is 24.0 Å². The maximum Gasteiger partial charge on any atom is 0.290 e. The van der Waals surface area contributed by atoms with Gasteiger partial charge in [-0.2, -0.15) is 0 Å². The zero-order valence-electron chi connectivity index (χ0n) is 15.7. The molecule has 0 aliphatic carbocycles. The molecule has 6 nitrogen and oxygen atoms in total. The molecule has 0 spiro atoms. The van der Waals surface area contributed by atoms with Gasteiger partial charge in [0, 0.05) is 13.2 Å². The number of aliphatic hydroxyl groups excluding tert-OH is 1. The van der Waals surface area contributed by atoms with Gasteiger partial charge in [0.05, 0.1) is 27.8 Å². The van der Waals surface area contributed by atoms with Crippen molar-refractivity contribution in [2.45, 2.75) is 31.9 Å². The zero-order valence-corrected chi connectivity index (χ0v) is 17.2. The number of Topliss-reactive ketones (excluding diaryl/α,β-unsaturated/α-hetero) is 1. The molecule has 0 bridgehead atoms. The smallest absolute Gasteiger partial charge is 0.290 e. The Morgan fingerprint density at radius 2 is 2.03 bits per heavy atom. The first-order chi connectivity index (χ1) is 13.9. The molecule has 2 aromatic rings. The molecule has 8 heteroatoms. The molecule has 0 radical (unpaired) electrons. The van der Waals surface area contributed by atoms with Gasteiger partial charge >= 0.3 is 0 Å². The Kier molecular flexibility index (Phi) is 5.42. The highest BCUT2D eigenvalue weighted by Gasteiger charge is 2.45. The van der Waals surface area contributed by atoms with Crippen LogP contribution in [0.15, 0.2) is 46.1 Å². The third-order valence-electron chi connectivity index (χ3n) is 5.20. The van der Waals surface area contributed by atoms with E-state index in [9.17, 15) is 14.7 Å². The summed E-state index contributed by atoms with van der Waals surface area (Å²) in [7, 11) is 0. The number of carbonyl (C=O) groups is 2. The number of furan rings is 1. The molecule has 4 rings (SSSR count). The molecule has 0 saturated carbocycles. The number of hydrogen-bond acceptors (Lipinski definition) is 5. The molecule has 2 unspecified atom stereocenters. The van der Waals surface area contributed by atoms with Gasteiger partial charge in [-0.05, 0) is 49.6 Å². The van der Waals surface area contributed by atoms with Gasteiger partial charge in [-0.3, -0.25) is 9.59 Å². The van der Waals surface area contributed by atoms with E-state index in [0.29, 0.717) is 28.0 Å². The fraction of sp³-hybridized carbons (Fsp3) is 0.333. The molecule has 1 saturated heterocycles. The number of aryl methyl sites for hydroxylation is 1. The van der Waals surface area contributed by atoms with Crippen LogP contribution >= 0.6 is 23.2 Å².